The van der Waals surface area contributed by atoms with E-state index < -0.39 is 17.1 Å². The predicted molar refractivity (Wildman–Crippen MR) is 151 cm³/mol. The van der Waals surface area contributed by atoms with Crippen LogP contribution in [0.3, 0.4) is 0 Å². The van der Waals surface area contributed by atoms with Crippen molar-refractivity contribution in [3.05, 3.63) is 46.6 Å². The van der Waals surface area contributed by atoms with Gasteiger partial charge in [0.05, 0.1) is 17.2 Å². The van der Waals surface area contributed by atoms with Crippen LogP contribution in [0, 0.1) is 12.8 Å². The molecule has 38 heavy (non-hydrogen) atoms. The molecule has 0 saturated heterocycles. The van der Waals surface area contributed by atoms with Crippen molar-refractivity contribution in [1.82, 2.24) is 9.88 Å². The number of carbonyl (C=O) groups is 2. The number of aliphatic carboxylic acids is 1. The fourth-order valence-corrected chi connectivity index (χ4v) is 7.74. The van der Waals surface area contributed by atoms with Gasteiger partial charge in [-0.15, -0.1) is 0 Å². The van der Waals surface area contributed by atoms with Crippen molar-refractivity contribution in [1.29, 1.82) is 0 Å². The van der Waals surface area contributed by atoms with Gasteiger partial charge in [0.25, 0.3) is 5.91 Å². The predicted octanol–water partition coefficient (Wildman–Crippen LogP) is 6.17. The monoisotopic (exact) mass is 538 g/mol. The maximum absolute atomic E-state index is 14.1. The van der Waals surface area contributed by atoms with E-state index in [1.807, 2.05) is 17.7 Å². The number of amides is 1. The summed E-state index contributed by atoms with van der Waals surface area (Å²) in [7, 11) is 0. The minimum absolute atomic E-state index is 0.0496. The third kappa shape index (κ3) is 5.29. The molecular weight excluding hydrogens is 496 g/mol. The zero-order chi connectivity index (χ0) is 27.4. The Hall–Kier alpha value is -2.25. The summed E-state index contributed by atoms with van der Waals surface area (Å²) in [6, 6.07) is 6.62. The topological polar surface area (TPSA) is 94.4 Å². The highest BCUT2D eigenvalue weighted by molar-refractivity contribution is 7.92. The standard InChI is InChI=1S/C31H42N2O4S/c1-19-26(27(34)32-23-13-20(14-23)29(35)36)18-33(28(19)38(37)25-9-7-6-8-10-25)24-16-21(30(2,3)4)15-22(17-24)31(5)11-12-31/h15-18,20,23,25H,6-14H2,1-5H3,(H,32,34)(H,35,36)/t20-,23-,38?. The minimum Gasteiger partial charge on any atom is -0.610 e. The Morgan fingerprint density at radius 2 is 1.76 bits per heavy atom. The number of hydrogen-bond donors (Lipinski definition) is 2. The Bertz CT molecular complexity index is 1200. The fraction of sp³-hybridized carbons (Fsp3) is 0.613. The Labute approximate surface area is 229 Å². The molecule has 3 aliphatic rings. The molecule has 3 saturated carbocycles. The van der Waals surface area contributed by atoms with Crippen LogP contribution in [0.4, 0.5) is 0 Å². The first kappa shape index (κ1) is 27.3. The number of carboxylic acid groups (broad SMARTS) is 1. The van der Waals surface area contributed by atoms with Crippen molar-refractivity contribution in [3.8, 4) is 5.69 Å². The molecule has 1 heterocycles. The van der Waals surface area contributed by atoms with Crippen LogP contribution >= 0.6 is 0 Å². The van der Waals surface area contributed by atoms with E-state index >= 15 is 0 Å². The Morgan fingerprint density at radius 1 is 1.11 bits per heavy atom. The van der Waals surface area contributed by atoms with Crippen molar-refractivity contribution < 1.29 is 19.2 Å². The molecule has 2 aromatic rings. The second-order valence-corrected chi connectivity index (χ2v) is 14.8. The van der Waals surface area contributed by atoms with Crippen LogP contribution in [-0.2, 0) is 26.8 Å². The molecule has 0 bridgehead atoms. The Morgan fingerprint density at radius 3 is 2.34 bits per heavy atom. The number of carboxylic acids is 1. The van der Waals surface area contributed by atoms with Crippen LogP contribution in [0.1, 0.15) is 113 Å². The molecule has 1 aromatic heterocycles. The molecule has 6 nitrogen and oxygen atoms in total. The second-order valence-electron chi connectivity index (χ2n) is 13.2. The zero-order valence-corrected chi connectivity index (χ0v) is 24.2. The van der Waals surface area contributed by atoms with Gasteiger partial charge in [-0.2, -0.15) is 0 Å². The molecule has 1 unspecified atom stereocenters. The molecule has 3 fully saturated rings. The van der Waals surface area contributed by atoms with E-state index in [1.54, 1.807) is 0 Å². The van der Waals surface area contributed by atoms with E-state index in [4.69, 9.17) is 0 Å². The molecule has 7 heteroatoms. The molecule has 1 atom stereocenters. The van der Waals surface area contributed by atoms with Gasteiger partial charge >= 0.3 is 5.97 Å². The van der Waals surface area contributed by atoms with E-state index in [1.165, 1.54) is 17.5 Å². The van der Waals surface area contributed by atoms with Gasteiger partial charge in [-0.25, -0.2) is 0 Å². The van der Waals surface area contributed by atoms with Crippen LogP contribution in [0.25, 0.3) is 5.69 Å². The summed E-state index contributed by atoms with van der Waals surface area (Å²) >= 11 is -1.24. The highest BCUT2D eigenvalue weighted by atomic mass is 32.2. The number of benzene rings is 1. The summed E-state index contributed by atoms with van der Waals surface area (Å²) in [4.78, 5) is 24.7. The summed E-state index contributed by atoms with van der Waals surface area (Å²) in [6.45, 7) is 10.9. The van der Waals surface area contributed by atoms with Crippen LogP contribution in [0.5, 0.6) is 0 Å². The lowest BCUT2D eigenvalue weighted by atomic mass is 9.80. The van der Waals surface area contributed by atoms with Crippen LogP contribution in [0.2, 0.25) is 0 Å². The van der Waals surface area contributed by atoms with Crippen molar-refractivity contribution in [2.75, 3.05) is 0 Å². The lowest BCUT2D eigenvalue weighted by molar-refractivity contribution is -0.145. The van der Waals surface area contributed by atoms with E-state index in [2.05, 4.69) is 51.2 Å². The zero-order valence-electron chi connectivity index (χ0n) is 23.4. The Kier molecular flexibility index (Phi) is 7.23. The molecule has 1 aromatic carbocycles. The number of carbonyl (C=O) groups excluding carboxylic acids is 1. The number of nitrogens with one attached hydrogen (secondary N) is 1. The average Bonchev–Trinajstić information content (AvgIpc) is 3.51. The lowest BCUT2D eigenvalue weighted by Crippen LogP contribution is -2.46. The minimum atomic E-state index is -1.24. The molecule has 206 valence electrons. The smallest absolute Gasteiger partial charge is 0.306 e. The first-order valence-electron chi connectivity index (χ1n) is 14.2. The van der Waals surface area contributed by atoms with Crippen LogP contribution < -0.4 is 5.32 Å². The third-order valence-corrected chi connectivity index (χ3v) is 11.0. The van der Waals surface area contributed by atoms with E-state index in [-0.39, 0.29) is 33.9 Å². The first-order valence-corrected chi connectivity index (χ1v) is 15.4. The summed E-state index contributed by atoms with van der Waals surface area (Å²) in [5.41, 5.74) is 4.93. The molecular formula is C31H42N2O4S. The molecule has 5 rings (SSSR count). The van der Waals surface area contributed by atoms with E-state index in [9.17, 15) is 19.2 Å². The van der Waals surface area contributed by atoms with Crippen LogP contribution in [0.15, 0.2) is 29.4 Å². The third-order valence-electron chi connectivity index (χ3n) is 9.07. The average molecular weight is 539 g/mol. The van der Waals surface area contributed by atoms with Crippen molar-refractivity contribution in [3.63, 3.8) is 0 Å². The van der Waals surface area contributed by atoms with Gasteiger partial charge in [0.15, 0.2) is 0 Å². The molecule has 0 spiro atoms. The van der Waals surface area contributed by atoms with E-state index in [0.717, 1.165) is 54.8 Å². The number of rotatable bonds is 7. The molecule has 1 amide bonds. The van der Waals surface area contributed by atoms with Gasteiger partial charge in [-0.1, -0.05) is 40.2 Å². The van der Waals surface area contributed by atoms with Crippen LogP contribution in [-0.4, -0.2) is 37.4 Å². The quantitative estimate of drug-likeness (QED) is 0.412. The fourth-order valence-electron chi connectivity index (χ4n) is 5.89. The summed E-state index contributed by atoms with van der Waals surface area (Å²) in [6.07, 6.45) is 10.4. The van der Waals surface area contributed by atoms with Gasteiger partial charge in [0, 0.05) is 29.0 Å². The van der Waals surface area contributed by atoms with Gasteiger partial charge in [-0.05, 0) is 92.4 Å². The second kappa shape index (κ2) is 10.1. The maximum Gasteiger partial charge on any atom is 0.306 e. The Balaban J connectivity index is 1.56. The van der Waals surface area contributed by atoms with Gasteiger partial charge in [0.2, 0.25) is 5.03 Å². The van der Waals surface area contributed by atoms with E-state index in [0.29, 0.717) is 18.4 Å². The number of hydrogen-bond acceptors (Lipinski definition) is 3. The summed E-state index contributed by atoms with van der Waals surface area (Å²) < 4.78 is 16.2. The highest BCUT2D eigenvalue weighted by Crippen LogP contribution is 2.49. The number of aromatic nitrogens is 1. The maximum atomic E-state index is 14.1. The molecule has 0 radical (unpaired) electrons. The highest BCUT2D eigenvalue weighted by Gasteiger charge is 2.41. The summed E-state index contributed by atoms with van der Waals surface area (Å²) in [5, 5.41) is 13.1. The molecule has 3 aliphatic carbocycles. The SMILES string of the molecule is Cc1c(C(=O)N[C@H]2C[C@H](C(=O)O)C2)cn(-c2cc(C(C)(C)C)cc(C3(C)CC3)c2)c1[S+]([O-])C1CCCCC1. The van der Waals surface area contributed by atoms with Gasteiger partial charge in [0.1, 0.15) is 5.25 Å². The molecule has 2 N–H and O–H groups in total. The first-order chi connectivity index (χ1) is 17.9. The lowest BCUT2D eigenvalue weighted by Gasteiger charge is -2.32. The normalized spacial score (nSPS) is 23.9. The molecule has 0 aliphatic heterocycles. The van der Waals surface area contributed by atoms with Crippen molar-refractivity contribution in [2.24, 2.45) is 5.92 Å². The summed E-state index contributed by atoms with van der Waals surface area (Å²) in [5.74, 6) is -1.40. The van der Waals surface area contributed by atoms with Gasteiger partial charge in [-0.3, -0.25) is 14.2 Å². The number of nitrogens with zero attached hydrogens (tertiary/aromatic N) is 1. The van der Waals surface area contributed by atoms with Crippen molar-refractivity contribution in [2.45, 2.75) is 120 Å². The van der Waals surface area contributed by atoms with Crippen molar-refractivity contribution >= 4 is 23.1 Å². The largest absolute Gasteiger partial charge is 0.610 e. The van der Waals surface area contributed by atoms with Gasteiger partial charge < -0.3 is 15.0 Å².